The van der Waals surface area contributed by atoms with E-state index in [2.05, 4.69) is 0 Å². The quantitative estimate of drug-likeness (QED) is 0.902. The highest BCUT2D eigenvalue weighted by atomic mass is 19.4. The number of hydrogen-bond acceptors (Lipinski definition) is 1. The number of nitrogens with two attached hydrogens (primary N) is 1. The second-order valence-electron chi connectivity index (χ2n) is 4.66. The van der Waals surface area contributed by atoms with Crippen molar-refractivity contribution in [2.45, 2.75) is 19.3 Å². The molecule has 0 unspecified atom stereocenters. The summed E-state index contributed by atoms with van der Waals surface area (Å²) < 4.78 is 43.9. The number of halogens is 3. The van der Waals surface area contributed by atoms with Crippen LogP contribution in [-0.4, -0.2) is 7.11 Å². The maximum Gasteiger partial charge on any atom is 0.416 e. The fourth-order valence-electron chi connectivity index (χ4n) is 2.23. The number of alkyl halides is 3. The van der Waals surface area contributed by atoms with E-state index in [0.29, 0.717) is 12.1 Å². The van der Waals surface area contributed by atoms with Gasteiger partial charge in [0.1, 0.15) is 18.8 Å². The lowest BCUT2D eigenvalue weighted by Crippen LogP contribution is -2.80. The largest absolute Gasteiger partial charge is 0.496 e. The lowest BCUT2D eigenvalue weighted by molar-refractivity contribution is -0.686. The molecule has 2 aromatic carbocycles. The Bertz CT molecular complexity index is 596. The Kier molecular flexibility index (Phi) is 4.85. The van der Waals surface area contributed by atoms with Crippen LogP contribution in [-0.2, 0) is 19.3 Å². The van der Waals surface area contributed by atoms with Gasteiger partial charge in [0.05, 0.1) is 12.7 Å². The Morgan fingerprint density at radius 2 is 1.48 bits per heavy atom. The predicted octanol–water partition coefficient (Wildman–Crippen LogP) is 2.98. The van der Waals surface area contributed by atoms with Gasteiger partial charge in [0.2, 0.25) is 0 Å². The predicted molar refractivity (Wildman–Crippen MR) is 73.8 cm³/mol. The number of benzene rings is 2. The molecule has 2 nitrogen and oxygen atoms in total. The summed E-state index contributed by atoms with van der Waals surface area (Å²) in [5.41, 5.74) is 0.686. The highest BCUT2D eigenvalue weighted by Crippen LogP contribution is 2.31. The van der Waals surface area contributed by atoms with Crippen LogP contribution in [0.15, 0.2) is 48.5 Å². The summed E-state index contributed by atoms with van der Waals surface area (Å²) in [4.78, 5) is 0. The summed E-state index contributed by atoms with van der Waals surface area (Å²) in [6, 6.07) is 13.2. The molecule has 21 heavy (non-hydrogen) atoms. The summed E-state index contributed by atoms with van der Waals surface area (Å²) in [6.45, 7) is 0.837. The van der Waals surface area contributed by atoms with Crippen molar-refractivity contribution in [2.24, 2.45) is 0 Å². The van der Waals surface area contributed by atoms with E-state index in [1.165, 1.54) is 12.1 Å². The van der Waals surface area contributed by atoms with E-state index in [-0.39, 0.29) is 6.54 Å². The number of ether oxygens (including phenoxy) is 1. The molecule has 0 bridgehead atoms. The van der Waals surface area contributed by atoms with Crippen LogP contribution in [0.3, 0.4) is 0 Å². The summed E-state index contributed by atoms with van der Waals surface area (Å²) in [6.07, 6.45) is -4.31. The second kappa shape index (κ2) is 6.63. The van der Waals surface area contributed by atoms with Crippen LogP contribution in [0.1, 0.15) is 16.7 Å². The van der Waals surface area contributed by atoms with Crippen molar-refractivity contribution in [3.63, 3.8) is 0 Å². The van der Waals surface area contributed by atoms with Gasteiger partial charge in [-0.25, -0.2) is 0 Å². The SMILES string of the molecule is COc1ccccc1C[NH2+]Cc1ccccc1C(F)(F)F. The van der Waals surface area contributed by atoms with Gasteiger partial charge >= 0.3 is 6.18 Å². The van der Waals surface area contributed by atoms with E-state index in [1.54, 1.807) is 13.2 Å². The Labute approximate surface area is 121 Å². The zero-order valence-electron chi connectivity index (χ0n) is 11.7. The summed E-state index contributed by atoms with van der Waals surface area (Å²) in [5.74, 6) is 0.748. The van der Waals surface area contributed by atoms with Gasteiger partial charge in [-0.3, -0.25) is 0 Å². The smallest absolute Gasteiger partial charge is 0.416 e. The van der Waals surface area contributed by atoms with Gasteiger partial charge in [-0.2, -0.15) is 13.2 Å². The minimum atomic E-state index is -4.31. The van der Waals surface area contributed by atoms with Gasteiger partial charge in [-0.15, -0.1) is 0 Å². The lowest BCUT2D eigenvalue weighted by atomic mass is 10.1. The molecule has 112 valence electrons. The maximum absolute atomic E-state index is 12.9. The Balaban J connectivity index is 2.04. The molecule has 0 heterocycles. The average Bonchev–Trinajstić information content (AvgIpc) is 2.47. The van der Waals surface area contributed by atoms with Crippen LogP contribution in [0.4, 0.5) is 13.2 Å². The fraction of sp³-hybridized carbons (Fsp3) is 0.250. The topological polar surface area (TPSA) is 25.8 Å². The number of hydrogen-bond donors (Lipinski definition) is 1. The molecule has 2 aromatic rings. The molecule has 0 atom stereocenters. The van der Waals surface area contributed by atoms with Crippen molar-refractivity contribution >= 4 is 0 Å². The molecule has 0 aliphatic rings. The number of para-hydroxylation sites is 1. The van der Waals surface area contributed by atoms with Crippen LogP contribution < -0.4 is 10.1 Å². The zero-order valence-corrected chi connectivity index (χ0v) is 11.7. The van der Waals surface area contributed by atoms with E-state index in [0.717, 1.165) is 17.4 Å². The molecule has 0 radical (unpaired) electrons. The molecule has 0 saturated carbocycles. The van der Waals surface area contributed by atoms with Gasteiger partial charge in [0.15, 0.2) is 0 Å². The van der Waals surface area contributed by atoms with Crippen molar-refractivity contribution < 1.29 is 23.2 Å². The van der Waals surface area contributed by atoms with Gasteiger partial charge in [-0.05, 0) is 18.2 Å². The second-order valence-corrected chi connectivity index (χ2v) is 4.66. The molecule has 0 spiro atoms. The van der Waals surface area contributed by atoms with Crippen LogP contribution in [0, 0.1) is 0 Å². The van der Waals surface area contributed by atoms with E-state index < -0.39 is 11.7 Å². The van der Waals surface area contributed by atoms with Gasteiger partial charge in [-0.1, -0.05) is 30.3 Å². The first kappa shape index (κ1) is 15.4. The number of rotatable bonds is 5. The van der Waals surface area contributed by atoms with Crippen molar-refractivity contribution in [1.29, 1.82) is 0 Å². The number of methoxy groups -OCH3 is 1. The molecule has 5 heteroatoms. The molecule has 0 saturated heterocycles. The van der Waals surface area contributed by atoms with Crippen molar-refractivity contribution in [3.8, 4) is 5.75 Å². The first-order chi connectivity index (χ1) is 10.0. The van der Waals surface area contributed by atoms with Crippen LogP contribution in [0.2, 0.25) is 0 Å². The summed E-state index contributed by atoms with van der Waals surface area (Å²) in [7, 11) is 1.58. The average molecular weight is 296 g/mol. The van der Waals surface area contributed by atoms with E-state index in [9.17, 15) is 13.2 Å². The van der Waals surface area contributed by atoms with Gasteiger partial charge < -0.3 is 10.1 Å². The third kappa shape index (κ3) is 3.98. The third-order valence-corrected chi connectivity index (χ3v) is 3.24. The van der Waals surface area contributed by atoms with E-state index in [1.807, 2.05) is 29.6 Å². The number of quaternary nitrogens is 1. The monoisotopic (exact) mass is 296 g/mol. The molecular formula is C16H17F3NO+. The zero-order chi connectivity index (χ0) is 15.3. The van der Waals surface area contributed by atoms with Crippen LogP contribution in [0.5, 0.6) is 5.75 Å². The standard InChI is InChI=1S/C16H16F3NO/c1-21-15-9-5-3-7-13(15)11-20-10-12-6-2-4-8-14(12)16(17,18)19/h2-9,20H,10-11H2,1H3/p+1. The third-order valence-electron chi connectivity index (χ3n) is 3.24. The normalized spacial score (nSPS) is 11.4. The molecule has 0 aliphatic heterocycles. The lowest BCUT2D eigenvalue weighted by Gasteiger charge is -2.12. The molecule has 0 aromatic heterocycles. The minimum Gasteiger partial charge on any atom is -0.496 e. The molecule has 0 aliphatic carbocycles. The highest BCUT2D eigenvalue weighted by Gasteiger charge is 2.33. The molecule has 0 fully saturated rings. The molecule has 0 amide bonds. The fourth-order valence-corrected chi connectivity index (χ4v) is 2.23. The Morgan fingerprint density at radius 1 is 0.905 bits per heavy atom. The first-order valence-corrected chi connectivity index (χ1v) is 6.61. The van der Waals surface area contributed by atoms with Crippen LogP contribution in [0.25, 0.3) is 0 Å². The van der Waals surface area contributed by atoms with Crippen molar-refractivity contribution in [2.75, 3.05) is 7.11 Å². The van der Waals surface area contributed by atoms with Gasteiger partial charge in [0, 0.05) is 11.1 Å². The summed E-state index contributed by atoms with van der Waals surface area (Å²) >= 11 is 0. The van der Waals surface area contributed by atoms with E-state index in [4.69, 9.17) is 4.74 Å². The van der Waals surface area contributed by atoms with Gasteiger partial charge in [0.25, 0.3) is 0 Å². The molecule has 2 N–H and O–H groups in total. The first-order valence-electron chi connectivity index (χ1n) is 6.61. The minimum absolute atomic E-state index is 0.272. The van der Waals surface area contributed by atoms with Crippen molar-refractivity contribution in [1.82, 2.24) is 0 Å². The highest BCUT2D eigenvalue weighted by molar-refractivity contribution is 5.32. The Morgan fingerprint density at radius 3 is 2.14 bits per heavy atom. The van der Waals surface area contributed by atoms with E-state index >= 15 is 0 Å². The Hall–Kier alpha value is -2.01. The van der Waals surface area contributed by atoms with Crippen molar-refractivity contribution in [3.05, 3.63) is 65.2 Å². The summed E-state index contributed by atoms with van der Waals surface area (Å²) in [5, 5.41) is 1.84. The molecule has 2 rings (SSSR count). The molecular weight excluding hydrogens is 279 g/mol. The van der Waals surface area contributed by atoms with Crippen LogP contribution >= 0.6 is 0 Å². The maximum atomic E-state index is 12.9.